The van der Waals surface area contributed by atoms with Crippen LogP contribution in [0.5, 0.6) is 0 Å². The minimum absolute atomic E-state index is 0.495. The number of aryl methyl sites for hydroxylation is 1. The summed E-state index contributed by atoms with van der Waals surface area (Å²) in [5, 5.41) is 6.42. The van der Waals surface area contributed by atoms with Gasteiger partial charge in [0, 0.05) is 0 Å². The zero-order valence-electron chi connectivity index (χ0n) is 9.74. The third kappa shape index (κ3) is 3.31. The second-order valence-corrected chi connectivity index (χ2v) is 3.82. The smallest absolute Gasteiger partial charge is 0.405 e. The van der Waals surface area contributed by atoms with Gasteiger partial charge >= 0.3 is 6.09 Å². The number of carbonyl (C=O) groups is 1. The third-order valence-corrected chi connectivity index (χ3v) is 2.54. The van der Waals surface area contributed by atoms with Crippen molar-refractivity contribution in [3.63, 3.8) is 0 Å². The number of nitrogens with two attached hydrogens (primary N) is 1. The molecular formula is C12H14N4O2. The van der Waals surface area contributed by atoms with E-state index in [2.05, 4.69) is 15.2 Å². The number of benzene rings is 1. The Morgan fingerprint density at radius 2 is 2.17 bits per heavy atom. The van der Waals surface area contributed by atoms with E-state index in [4.69, 9.17) is 10.5 Å². The quantitative estimate of drug-likeness (QED) is 0.837. The van der Waals surface area contributed by atoms with E-state index in [1.807, 2.05) is 30.3 Å². The molecule has 1 heterocycles. The first-order valence-electron chi connectivity index (χ1n) is 5.61. The maximum absolute atomic E-state index is 10.9. The molecule has 0 aliphatic carbocycles. The van der Waals surface area contributed by atoms with Crippen LogP contribution < -0.4 is 5.73 Å². The number of nitrogens with one attached hydrogen (secondary N) is 1. The molecule has 3 N–H and O–H groups in total. The lowest BCUT2D eigenvalue weighted by Crippen LogP contribution is -2.18. The summed E-state index contributed by atoms with van der Waals surface area (Å²) in [6, 6.07) is 9.92. The number of amides is 1. The van der Waals surface area contributed by atoms with Crippen LogP contribution in [0.2, 0.25) is 0 Å². The Labute approximate surface area is 104 Å². The third-order valence-electron chi connectivity index (χ3n) is 2.54. The van der Waals surface area contributed by atoms with Gasteiger partial charge in [0.1, 0.15) is 6.33 Å². The molecule has 0 fully saturated rings. The Morgan fingerprint density at radius 1 is 1.39 bits per heavy atom. The highest BCUT2D eigenvalue weighted by Gasteiger charge is 2.17. The van der Waals surface area contributed by atoms with Crippen molar-refractivity contribution in [2.45, 2.75) is 18.9 Å². The summed E-state index contributed by atoms with van der Waals surface area (Å²) in [7, 11) is 0. The zero-order chi connectivity index (χ0) is 12.8. The first kappa shape index (κ1) is 12.1. The highest BCUT2D eigenvalue weighted by molar-refractivity contribution is 5.64. The fourth-order valence-corrected chi connectivity index (χ4v) is 1.70. The van der Waals surface area contributed by atoms with Crippen molar-refractivity contribution < 1.29 is 9.53 Å². The number of primary amides is 1. The van der Waals surface area contributed by atoms with E-state index < -0.39 is 12.2 Å². The average Bonchev–Trinajstić information content (AvgIpc) is 2.89. The van der Waals surface area contributed by atoms with E-state index in [1.165, 1.54) is 6.33 Å². The number of ether oxygens (including phenoxy) is 1. The highest BCUT2D eigenvalue weighted by Crippen LogP contribution is 2.19. The van der Waals surface area contributed by atoms with Crippen molar-refractivity contribution in [3.8, 4) is 0 Å². The summed E-state index contributed by atoms with van der Waals surface area (Å²) in [5.74, 6) is 0.504. The van der Waals surface area contributed by atoms with Crippen LogP contribution in [0.25, 0.3) is 0 Å². The molecule has 0 spiro atoms. The van der Waals surface area contributed by atoms with Crippen LogP contribution in [0.3, 0.4) is 0 Å². The summed E-state index contributed by atoms with van der Waals surface area (Å²) in [6.45, 7) is 0. The minimum Gasteiger partial charge on any atom is -0.438 e. The van der Waals surface area contributed by atoms with E-state index >= 15 is 0 Å². The number of rotatable bonds is 5. The number of aromatic nitrogens is 3. The van der Waals surface area contributed by atoms with Gasteiger partial charge in [-0.1, -0.05) is 30.3 Å². The Bertz CT molecular complexity index is 484. The predicted octanol–water partition coefficient (Wildman–Crippen LogP) is 1.57. The van der Waals surface area contributed by atoms with Crippen LogP contribution in [0.4, 0.5) is 4.79 Å². The van der Waals surface area contributed by atoms with Crippen molar-refractivity contribution in [3.05, 3.63) is 48.0 Å². The van der Waals surface area contributed by atoms with E-state index in [1.54, 1.807) is 0 Å². The number of H-pyrrole nitrogens is 1. The lowest BCUT2D eigenvalue weighted by atomic mass is 10.1. The molecule has 0 bridgehead atoms. The summed E-state index contributed by atoms with van der Waals surface area (Å²) in [5.41, 5.74) is 6.21. The van der Waals surface area contributed by atoms with Crippen molar-refractivity contribution in [2.75, 3.05) is 0 Å². The molecule has 2 rings (SSSR count). The Balaban J connectivity index is 2.00. The lowest BCUT2D eigenvalue weighted by Gasteiger charge is -2.13. The average molecular weight is 246 g/mol. The number of carbonyl (C=O) groups excluding carboxylic acids is 1. The molecule has 0 saturated heterocycles. The maximum atomic E-state index is 10.9. The van der Waals surface area contributed by atoms with Crippen LogP contribution in [0.15, 0.2) is 36.7 Å². The fraction of sp³-hybridized carbons (Fsp3) is 0.250. The number of hydrogen-bond donors (Lipinski definition) is 2. The van der Waals surface area contributed by atoms with Crippen LogP contribution in [-0.2, 0) is 11.2 Å². The topological polar surface area (TPSA) is 93.9 Å². The molecule has 0 saturated carbocycles. The zero-order valence-corrected chi connectivity index (χ0v) is 9.74. The molecule has 6 nitrogen and oxygen atoms in total. The van der Waals surface area contributed by atoms with Crippen molar-refractivity contribution in [1.82, 2.24) is 15.2 Å². The van der Waals surface area contributed by atoms with E-state index in [0.717, 1.165) is 12.0 Å². The lowest BCUT2D eigenvalue weighted by molar-refractivity contribution is 0.0964. The van der Waals surface area contributed by atoms with Crippen molar-refractivity contribution in [2.24, 2.45) is 5.73 Å². The largest absolute Gasteiger partial charge is 0.438 e. The van der Waals surface area contributed by atoms with Crippen LogP contribution in [-0.4, -0.2) is 21.3 Å². The molecule has 0 aliphatic heterocycles. The van der Waals surface area contributed by atoms with Gasteiger partial charge in [0.25, 0.3) is 0 Å². The second-order valence-electron chi connectivity index (χ2n) is 3.82. The first-order valence-corrected chi connectivity index (χ1v) is 5.61. The summed E-state index contributed by atoms with van der Waals surface area (Å²) >= 11 is 0. The molecule has 0 unspecified atom stereocenters. The van der Waals surface area contributed by atoms with Gasteiger partial charge in [-0.25, -0.2) is 9.78 Å². The summed E-state index contributed by atoms with van der Waals surface area (Å²) in [6.07, 6.45) is 1.42. The Kier molecular flexibility index (Phi) is 3.90. The molecule has 94 valence electrons. The number of nitrogens with zero attached hydrogens (tertiary/aromatic N) is 2. The van der Waals surface area contributed by atoms with E-state index in [-0.39, 0.29) is 0 Å². The minimum atomic E-state index is -0.815. The number of aromatic amines is 1. The first-order chi connectivity index (χ1) is 8.75. The SMILES string of the molecule is NC(=O)O[C@@H](CCc1ccccc1)c1ncn[nH]1. The molecular weight excluding hydrogens is 232 g/mol. The van der Waals surface area contributed by atoms with E-state index in [0.29, 0.717) is 12.2 Å². The van der Waals surface area contributed by atoms with Crippen LogP contribution in [0.1, 0.15) is 23.9 Å². The van der Waals surface area contributed by atoms with Gasteiger partial charge in [0.2, 0.25) is 0 Å². The summed E-state index contributed by atoms with van der Waals surface area (Å²) < 4.78 is 5.02. The van der Waals surface area contributed by atoms with Crippen LogP contribution >= 0.6 is 0 Å². The molecule has 1 atom stereocenters. The van der Waals surface area contributed by atoms with Gasteiger partial charge in [-0.2, -0.15) is 5.10 Å². The molecule has 0 aliphatic rings. The second kappa shape index (κ2) is 5.81. The fourth-order valence-electron chi connectivity index (χ4n) is 1.70. The normalized spacial score (nSPS) is 12.0. The molecule has 2 aromatic rings. The van der Waals surface area contributed by atoms with Gasteiger partial charge < -0.3 is 10.5 Å². The molecule has 6 heteroatoms. The Hall–Kier alpha value is -2.37. The van der Waals surface area contributed by atoms with Crippen molar-refractivity contribution >= 4 is 6.09 Å². The van der Waals surface area contributed by atoms with Gasteiger partial charge in [0.05, 0.1) is 0 Å². The maximum Gasteiger partial charge on any atom is 0.405 e. The summed E-state index contributed by atoms with van der Waals surface area (Å²) in [4.78, 5) is 14.8. The van der Waals surface area contributed by atoms with Crippen molar-refractivity contribution in [1.29, 1.82) is 0 Å². The standard InChI is InChI=1S/C12H14N4O2/c13-12(17)18-10(11-14-8-15-16-11)7-6-9-4-2-1-3-5-9/h1-5,8,10H,6-7H2,(H2,13,17)(H,14,15,16)/t10-/m0/s1. The predicted molar refractivity (Wildman–Crippen MR) is 64.6 cm³/mol. The molecule has 1 aromatic carbocycles. The van der Waals surface area contributed by atoms with Gasteiger partial charge in [-0.3, -0.25) is 5.10 Å². The van der Waals surface area contributed by atoms with Gasteiger partial charge in [0.15, 0.2) is 11.9 Å². The highest BCUT2D eigenvalue weighted by atomic mass is 16.6. The molecule has 1 amide bonds. The Morgan fingerprint density at radius 3 is 2.78 bits per heavy atom. The molecule has 1 aromatic heterocycles. The molecule has 0 radical (unpaired) electrons. The van der Waals surface area contributed by atoms with Gasteiger partial charge in [-0.05, 0) is 18.4 Å². The molecule has 18 heavy (non-hydrogen) atoms. The van der Waals surface area contributed by atoms with E-state index in [9.17, 15) is 4.79 Å². The monoisotopic (exact) mass is 246 g/mol. The van der Waals surface area contributed by atoms with Crippen LogP contribution in [0, 0.1) is 0 Å². The van der Waals surface area contributed by atoms with Gasteiger partial charge in [-0.15, -0.1) is 0 Å². The number of hydrogen-bond acceptors (Lipinski definition) is 4.